The minimum atomic E-state index is -1.39. The van der Waals surface area contributed by atoms with Gasteiger partial charge in [0.15, 0.2) is 0 Å². The van der Waals surface area contributed by atoms with Crippen molar-refractivity contribution in [3.8, 4) is 0 Å². The summed E-state index contributed by atoms with van der Waals surface area (Å²) in [7, 11) is -4.31. The number of benzene rings is 1. The Balaban J connectivity index is 2.79. The summed E-state index contributed by atoms with van der Waals surface area (Å²) in [6.07, 6.45) is 0. The van der Waals surface area contributed by atoms with Crippen molar-refractivity contribution in [2.45, 2.75) is 83.7 Å². The Morgan fingerprint density at radius 2 is 1.04 bits per heavy atom. The van der Waals surface area contributed by atoms with Gasteiger partial charge in [-0.1, -0.05) is 110 Å². The van der Waals surface area contributed by atoms with Crippen LogP contribution in [0.1, 0.15) is 26.3 Å². The average molecular weight is 421 g/mol. The Hall–Kier alpha value is 0.0406. The largest absolute Gasteiger partial charge is 0.0693 e. The third kappa shape index (κ3) is 3.43. The van der Waals surface area contributed by atoms with Crippen LogP contribution in [0.4, 0.5) is 0 Å². The Bertz CT molecular complexity index is 656. The number of rotatable bonds is 5. The van der Waals surface area contributed by atoms with Crippen LogP contribution in [0.15, 0.2) is 35.6 Å². The van der Waals surface area contributed by atoms with Gasteiger partial charge in [0.05, 0.1) is 24.2 Å². The molecule has 0 radical (unpaired) electrons. The summed E-state index contributed by atoms with van der Waals surface area (Å²) in [5.41, 5.74) is 1.81. The highest BCUT2D eigenvalue weighted by molar-refractivity contribution is 7.90. The molecule has 0 aromatic heterocycles. The zero-order valence-electron chi connectivity index (χ0n) is 19.3. The van der Waals surface area contributed by atoms with Crippen LogP contribution in [0.2, 0.25) is 58.9 Å². The van der Waals surface area contributed by atoms with Crippen molar-refractivity contribution >= 4 is 37.5 Å². The minimum Gasteiger partial charge on any atom is -0.0693 e. The van der Waals surface area contributed by atoms with Crippen molar-refractivity contribution in [2.24, 2.45) is 5.41 Å². The summed E-state index contributed by atoms with van der Waals surface area (Å²) in [6, 6.07) is 11.4. The lowest BCUT2D eigenvalue weighted by Crippen LogP contribution is -2.75. The molecular formula is C22H41PSi3. The maximum Gasteiger partial charge on any atom is 0.0505 e. The lowest BCUT2D eigenvalue weighted by molar-refractivity contribution is 0.539. The van der Waals surface area contributed by atoms with Gasteiger partial charge in [0.25, 0.3) is 0 Å². The van der Waals surface area contributed by atoms with E-state index in [1.165, 1.54) is 5.56 Å². The highest BCUT2D eigenvalue weighted by atomic mass is 31.1. The number of allylic oxidation sites excluding steroid dienone is 1. The molecule has 1 aliphatic heterocycles. The SMILES string of the molecule is CC(C)(C)C1=C(c2ccccc2)[P@]1C([Si](C)(C)C)([Si](C)(C)C)[Si](C)(C)C. The van der Waals surface area contributed by atoms with Crippen molar-refractivity contribution in [2.75, 3.05) is 0 Å². The highest BCUT2D eigenvalue weighted by Gasteiger charge is 2.69. The van der Waals surface area contributed by atoms with E-state index in [2.05, 4.69) is 110 Å². The third-order valence-electron chi connectivity index (χ3n) is 5.97. The van der Waals surface area contributed by atoms with Gasteiger partial charge >= 0.3 is 0 Å². The molecule has 4 heteroatoms. The Kier molecular flexibility index (Phi) is 5.62. The molecule has 0 bridgehead atoms. The number of hydrogen-bond acceptors (Lipinski definition) is 0. The van der Waals surface area contributed by atoms with Gasteiger partial charge in [0, 0.05) is 0 Å². The second kappa shape index (κ2) is 6.54. The van der Waals surface area contributed by atoms with Crippen LogP contribution in [0.3, 0.4) is 0 Å². The lowest BCUT2D eigenvalue weighted by Gasteiger charge is -2.60. The summed E-state index contributed by atoms with van der Waals surface area (Å²) < 4.78 is 0.635. The lowest BCUT2D eigenvalue weighted by atomic mass is 9.95. The molecular weight excluding hydrogens is 379 g/mol. The molecule has 1 aliphatic rings. The van der Waals surface area contributed by atoms with Gasteiger partial charge in [-0.3, -0.25) is 0 Å². The van der Waals surface area contributed by atoms with Gasteiger partial charge in [0.1, 0.15) is 0 Å². The third-order valence-corrected chi connectivity index (χ3v) is 36.8. The smallest absolute Gasteiger partial charge is 0.0505 e. The molecule has 0 amide bonds. The van der Waals surface area contributed by atoms with Crippen molar-refractivity contribution < 1.29 is 0 Å². The Morgan fingerprint density at radius 3 is 1.35 bits per heavy atom. The first-order valence-corrected chi connectivity index (χ1v) is 21.9. The van der Waals surface area contributed by atoms with Gasteiger partial charge in [-0.25, -0.2) is 0 Å². The summed E-state index contributed by atoms with van der Waals surface area (Å²) in [5, 5.41) is 3.62. The van der Waals surface area contributed by atoms with E-state index in [0.717, 1.165) is 0 Å². The van der Waals surface area contributed by atoms with E-state index in [9.17, 15) is 0 Å². The molecule has 0 saturated heterocycles. The van der Waals surface area contributed by atoms with Gasteiger partial charge in [-0.15, -0.1) is 0 Å². The molecule has 26 heavy (non-hydrogen) atoms. The van der Waals surface area contributed by atoms with Crippen LogP contribution in [-0.2, 0) is 0 Å². The highest BCUT2D eigenvalue weighted by Crippen LogP contribution is 2.87. The summed E-state index contributed by atoms with van der Waals surface area (Å²) >= 11 is 0. The molecule has 0 aliphatic carbocycles. The van der Waals surface area contributed by atoms with E-state index in [0.29, 0.717) is 9.44 Å². The zero-order valence-corrected chi connectivity index (χ0v) is 23.2. The molecule has 2 rings (SSSR count). The average Bonchev–Trinajstić information content (AvgIpc) is 3.10. The van der Waals surface area contributed by atoms with Crippen LogP contribution in [0, 0.1) is 5.41 Å². The molecule has 1 aromatic carbocycles. The molecule has 146 valence electrons. The summed E-state index contributed by atoms with van der Waals surface area (Å²) in [6.45, 7) is 31.6. The first kappa shape index (κ1) is 22.3. The summed E-state index contributed by atoms with van der Waals surface area (Å²) in [5.74, 6) is 0. The van der Waals surface area contributed by atoms with E-state index >= 15 is 0 Å². The van der Waals surface area contributed by atoms with Gasteiger partial charge in [0.2, 0.25) is 0 Å². The molecule has 0 saturated carbocycles. The van der Waals surface area contributed by atoms with E-state index in [1.54, 1.807) is 5.31 Å². The summed E-state index contributed by atoms with van der Waals surface area (Å²) in [4.78, 5) is 0. The van der Waals surface area contributed by atoms with Crippen molar-refractivity contribution in [1.82, 2.24) is 0 Å². The van der Waals surface area contributed by atoms with Gasteiger partial charge in [-0.2, -0.15) is 0 Å². The Labute approximate surface area is 167 Å². The molecule has 1 aromatic rings. The van der Waals surface area contributed by atoms with Gasteiger partial charge < -0.3 is 0 Å². The monoisotopic (exact) mass is 420 g/mol. The van der Waals surface area contributed by atoms with E-state index < -0.39 is 24.2 Å². The number of hydrogen-bond donors (Lipinski definition) is 0. The first-order valence-electron chi connectivity index (χ1n) is 10.1. The van der Waals surface area contributed by atoms with E-state index in [4.69, 9.17) is 0 Å². The minimum absolute atomic E-state index is 0.135. The molecule has 1 atom stereocenters. The quantitative estimate of drug-likeness (QED) is 0.332. The molecule has 1 heterocycles. The van der Waals surface area contributed by atoms with Crippen LogP contribution in [0.5, 0.6) is 0 Å². The van der Waals surface area contributed by atoms with Crippen molar-refractivity contribution in [1.29, 1.82) is 0 Å². The zero-order chi connectivity index (χ0) is 20.3. The van der Waals surface area contributed by atoms with Crippen LogP contribution in [-0.4, -0.2) is 28.2 Å². The van der Waals surface area contributed by atoms with E-state index in [1.807, 2.05) is 5.31 Å². The first-order chi connectivity index (χ1) is 11.5. The van der Waals surface area contributed by atoms with Crippen LogP contribution < -0.4 is 0 Å². The molecule has 0 spiro atoms. The maximum atomic E-state index is 2.69. The second-order valence-corrected chi connectivity index (χ2v) is 32.9. The fraction of sp³-hybridized carbons (Fsp3) is 0.636. The topological polar surface area (TPSA) is 0 Å². The molecule has 0 unspecified atom stereocenters. The van der Waals surface area contributed by atoms with Crippen molar-refractivity contribution in [3.05, 3.63) is 41.2 Å². The van der Waals surface area contributed by atoms with Crippen molar-refractivity contribution in [3.63, 3.8) is 0 Å². The van der Waals surface area contributed by atoms with Crippen LogP contribution in [0.25, 0.3) is 5.31 Å². The molecule has 0 N–H and O–H groups in total. The Morgan fingerprint density at radius 1 is 0.654 bits per heavy atom. The fourth-order valence-corrected chi connectivity index (χ4v) is 46.2. The normalized spacial score (nSPS) is 19.8. The predicted octanol–water partition coefficient (Wildman–Crippen LogP) is 8.27. The standard InChI is InChI=1S/C22H41PSi3/c1-21(2,3)20-19(18-16-14-13-15-17-18)23(20)22(24(4,5)6,25(7,8)9)26(10,11)12/h13-17H,1-12H3/t23-/m0/s1. The molecule has 0 fully saturated rings. The predicted molar refractivity (Wildman–Crippen MR) is 133 cm³/mol. The molecule has 0 nitrogen and oxygen atoms in total. The van der Waals surface area contributed by atoms with Crippen LogP contribution >= 0.6 is 7.92 Å². The fourth-order valence-electron chi connectivity index (χ4n) is 6.43. The van der Waals surface area contributed by atoms with E-state index in [-0.39, 0.29) is 7.92 Å². The van der Waals surface area contributed by atoms with Gasteiger partial charge in [-0.05, 0) is 33.6 Å². The second-order valence-electron chi connectivity index (χ2n) is 12.1. The maximum absolute atomic E-state index is 2.69.